The molecule has 2 nitrogen and oxygen atoms in total. The minimum Gasteiger partial charge on any atom is -0.376 e. The third-order valence-electron chi connectivity index (χ3n) is 3.15. The predicted octanol–water partition coefficient (Wildman–Crippen LogP) is 2.74. The van der Waals surface area contributed by atoms with Gasteiger partial charge in [-0.25, -0.2) is 0 Å². The predicted molar refractivity (Wildman–Crippen MR) is 64.4 cm³/mol. The van der Waals surface area contributed by atoms with Crippen molar-refractivity contribution >= 4 is 11.3 Å². The van der Waals surface area contributed by atoms with Crippen LogP contribution in [0.4, 0.5) is 0 Å². The first-order valence-electron chi connectivity index (χ1n) is 5.57. The van der Waals surface area contributed by atoms with E-state index in [0.29, 0.717) is 18.1 Å². The molecule has 0 aromatic carbocycles. The number of aryl methyl sites for hydroxylation is 1. The van der Waals surface area contributed by atoms with Gasteiger partial charge in [-0.2, -0.15) is 0 Å². The molecule has 1 aromatic rings. The lowest BCUT2D eigenvalue weighted by atomic mass is 9.97. The van der Waals surface area contributed by atoms with Gasteiger partial charge in [-0.15, -0.1) is 11.3 Å². The van der Waals surface area contributed by atoms with E-state index >= 15 is 0 Å². The van der Waals surface area contributed by atoms with Crippen molar-refractivity contribution in [1.82, 2.24) is 5.32 Å². The molecule has 0 radical (unpaired) electrons. The van der Waals surface area contributed by atoms with Gasteiger partial charge in [-0.05, 0) is 38.4 Å². The molecule has 0 aliphatic carbocycles. The maximum absolute atomic E-state index is 5.83. The Morgan fingerprint density at radius 2 is 2.33 bits per heavy atom. The van der Waals surface area contributed by atoms with E-state index in [9.17, 15) is 0 Å². The molecule has 3 atom stereocenters. The second-order valence-corrected chi connectivity index (χ2v) is 5.64. The molecule has 2 rings (SSSR count). The zero-order chi connectivity index (χ0) is 10.8. The Labute approximate surface area is 95.6 Å². The van der Waals surface area contributed by atoms with Crippen LogP contribution in [0.3, 0.4) is 0 Å². The van der Waals surface area contributed by atoms with Gasteiger partial charge in [-0.3, -0.25) is 0 Å². The number of hydrogen-bond acceptors (Lipinski definition) is 3. The molecule has 3 unspecified atom stereocenters. The monoisotopic (exact) mass is 225 g/mol. The maximum atomic E-state index is 5.83. The van der Waals surface area contributed by atoms with Crippen LogP contribution in [0.2, 0.25) is 0 Å². The summed E-state index contributed by atoms with van der Waals surface area (Å²) in [5.74, 6) is 0.657. The van der Waals surface area contributed by atoms with E-state index in [1.165, 1.54) is 16.2 Å². The Kier molecular flexibility index (Phi) is 3.44. The molecule has 3 heteroatoms. The van der Waals surface area contributed by atoms with Crippen molar-refractivity contribution < 1.29 is 4.74 Å². The van der Waals surface area contributed by atoms with E-state index in [0.717, 1.165) is 6.61 Å². The van der Waals surface area contributed by atoms with Gasteiger partial charge in [0.2, 0.25) is 0 Å². The second kappa shape index (κ2) is 4.64. The van der Waals surface area contributed by atoms with Crippen LogP contribution in [0.1, 0.15) is 29.1 Å². The second-order valence-electron chi connectivity index (χ2n) is 4.32. The molecule has 84 valence electrons. The van der Waals surface area contributed by atoms with Crippen LogP contribution in [-0.4, -0.2) is 19.8 Å². The number of nitrogens with one attached hydrogen (secondary N) is 1. The van der Waals surface area contributed by atoms with Crippen LogP contribution in [-0.2, 0) is 4.74 Å². The van der Waals surface area contributed by atoms with Gasteiger partial charge in [0.25, 0.3) is 0 Å². The average Bonchev–Trinajstić information content (AvgIpc) is 2.79. The Balaban J connectivity index is 2.16. The van der Waals surface area contributed by atoms with Crippen molar-refractivity contribution in [3.63, 3.8) is 0 Å². The molecule has 0 bridgehead atoms. The molecule has 0 amide bonds. The normalized spacial score (nSPS) is 28.2. The minimum atomic E-state index is 0.341. The van der Waals surface area contributed by atoms with Gasteiger partial charge in [0.15, 0.2) is 0 Å². The standard InChI is InChI=1S/C12H19NOS/c1-8-6-7-14-12(8)11(13-3)10-5-4-9(2)15-10/h4-5,8,11-13H,6-7H2,1-3H3. The topological polar surface area (TPSA) is 21.3 Å². The summed E-state index contributed by atoms with van der Waals surface area (Å²) in [6, 6.07) is 4.76. The summed E-state index contributed by atoms with van der Waals surface area (Å²) in [6.45, 7) is 5.34. The first kappa shape index (κ1) is 11.1. The molecule has 0 spiro atoms. The Morgan fingerprint density at radius 1 is 1.53 bits per heavy atom. The fraction of sp³-hybridized carbons (Fsp3) is 0.667. The van der Waals surface area contributed by atoms with Crippen molar-refractivity contribution in [3.05, 3.63) is 21.9 Å². The molecule has 1 aliphatic rings. The summed E-state index contributed by atoms with van der Waals surface area (Å²) in [5.41, 5.74) is 0. The zero-order valence-electron chi connectivity index (χ0n) is 9.62. The number of hydrogen-bond donors (Lipinski definition) is 1. The molecule has 1 aliphatic heterocycles. The quantitative estimate of drug-likeness (QED) is 0.854. The molecule has 1 fully saturated rings. The van der Waals surface area contributed by atoms with Crippen LogP contribution < -0.4 is 5.32 Å². The smallest absolute Gasteiger partial charge is 0.0803 e. The van der Waals surface area contributed by atoms with E-state index in [1.54, 1.807) is 0 Å². The van der Waals surface area contributed by atoms with Gasteiger partial charge in [0.05, 0.1) is 12.1 Å². The summed E-state index contributed by atoms with van der Waals surface area (Å²) < 4.78 is 5.83. The first-order valence-corrected chi connectivity index (χ1v) is 6.39. The molecule has 1 saturated heterocycles. The van der Waals surface area contributed by atoms with Crippen molar-refractivity contribution in [2.24, 2.45) is 5.92 Å². The lowest BCUT2D eigenvalue weighted by Gasteiger charge is -2.24. The summed E-state index contributed by atoms with van der Waals surface area (Å²) in [7, 11) is 2.02. The zero-order valence-corrected chi connectivity index (χ0v) is 10.4. The van der Waals surface area contributed by atoms with Crippen molar-refractivity contribution in [2.45, 2.75) is 32.4 Å². The minimum absolute atomic E-state index is 0.341. The SMILES string of the molecule is CNC(c1ccc(C)s1)C1OCCC1C. The third kappa shape index (κ3) is 2.25. The molecular weight excluding hydrogens is 206 g/mol. The van der Waals surface area contributed by atoms with Crippen molar-refractivity contribution in [2.75, 3.05) is 13.7 Å². The van der Waals surface area contributed by atoms with Crippen LogP contribution in [0, 0.1) is 12.8 Å². The van der Waals surface area contributed by atoms with Crippen LogP contribution >= 0.6 is 11.3 Å². The Hall–Kier alpha value is -0.380. The fourth-order valence-corrected chi connectivity index (χ4v) is 3.26. The maximum Gasteiger partial charge on any atom is 0.0803 e. The molecule has 2 heterocycles. The average molecular weight is 225 g/mol. The summed E-state index contributed by atoms with van der Waals surface area (Å²) in [4.78, 5) is 2.77. The Bertz CT molecular complexity index is 323. The van der Waals surface area contributed by atoms with E-state index in [1.807, 2.05) is 18.4 Å². The van der Waals surface area contributed by atoms with E-state index in [-0.39, 0.29) is 0 Å². The summed E-state index contributed by atoms with van der Waals surface area (Å²) in [6.07, 6.45) is 1.53. The molecule has 1 aromatic heterocycles. The fourth-order valence-electron chi connectivity index (χ4n) is 2.23. The van der Waals surface area contributed by atoms with Gasteiger partial charge >= 0.3 is 0 Å². The lowest BCUT2D eigenvalue weighted by Crippen LogP contribution is -2.31. The number of rotatable bonds is 3. The van der Waals surface area contributed by atoms with Crippen LogP contribution in [0.15, 0.2) is 12.1 Å². The van der Waals surface area contributed by atoms with E-state index in [4.69, 9.17) is 4.74 Å². The summed E-state index contributed by atoms with van der Waals surface area (Å²) >= 11 is 1.87. The van der Waals surface area contributed by atoms with Gasteiger partial charge < -0.3 is 10.1 Å². The highest BCUT2D eigenvalue weighted by molar-refractivity contribution is 7.12. The highest BCUT2D eigenvalue weighted by Gasteiger charge is 2.32. The first-order chi connectivity index (χ1) is 7.22. The van der Waals surface area contributed by atoms with Crippen molar-refractivity contribution in [3.8, 4) is 0 Å². The third-order valence-corrected chi connectivity index (χ3v) is 4.24. The number of ether oxygens (including phenoxy) is 1. The lowest BCUT2D eigenvalue weighted by molar-refractivity contribution is 0.0641. The molecule has 15 heavy (non-hydrogen) atoms. The largest absolute Gasteiger partial charge is 0.376 e. The van der Waals surface area contributed by atoms with Gasteiger partial charge in [0, 0.05) is 16.4 Å². The van der Waals surface area contributed by atoms with Gasteiger partial charge in [0.1, 0.15) is 0 Å². The van der Waals surface area contributed by atoms with Crippen LogP contribution in [0.25, 0.3) is 0 Å². The molecule has 1 N–H and O–H groups in total. The number of thiophene rings is 1. The van der Waals surface area contributed by atoms with E-state index < -0.39 is 0 Å². The van der Waals surface area contributed by atoms with Gasteiger partial charge in [-0.1, -0.05) is 6.92 Å². The molecular formula is C12H19NOS. The Morgan fingerprint density at radius 3 is 2.80 bits per heavy atom. The van der Waals surface area contributed by atoms with Crippen LogP contribution in [0.5, 0.6) is 0 Å². The highest BCUT2D eigenvalue weighted by Crippen LogP contribution is 2.33. The molecule has 0 saturated carbocycles. The highest BCUT2D eigenvalue weighted by atomic mass is 32.1. The van der Waals surface area contributed by atoms with Crippen molar-refractivity contribution in [1.29, 1.82) is 0 Å². The number of likely N-dealkylation sites (N-methyl/N-ethyl adjacent to an activating group) is 1. The summed E-state index contributed by atoms with van der Waals surface area (Å²) in [5, 5.41) is 3.39. The van der Waals surface area contributed by atoms with E-state index in [2.05, 4.69) is 31.3 Å².